The molecule has 72 valence electrons. The van der Waals surface area contributed by atoms with E-state index in [1.807, 2.05) is 0 Å². The summed E-state index contributed by atoms with van der Waals surface area (Å²) in [5.74, 6) is 1.62. The predicted octanol–water partition coefficient (Wildman–Crippen LogP) is 2.43. The van der Waals surface area contributed by atoms with Crippen molar-refractivity contribution in [2.75, 3.05) is 18.0 Å². The maximum atomic E-state index is 5.92. The highest BCUT2D eigenvalue weighted by atomic mass is 35.5. The van der Waals surface area contributed by atoms with Crippen LogP contribution >= 0.6 is 23.3 Å². The lowest BCUT2D eigenvalue weighted by atomic mass is 10.0. The Hall–Kier alpha value is -0.350. The maximum absolute atomic E-state index is 5.92. The molecule has 0 amide bonds. The van der Waals surface area contributed by atoms with Gasteiger partial charge in [0.05, 0.1) is 11.7 Å². The monoisotopic (exact) mass is 217 g/mol. The minimum atomic E-state index is 0.555. The van der Waals surface area contributed by atoms with Gasteiger partial charge in [0.1, 0.15) is 0 Å². The summed E-state index contributed by atoms with van der Waals surface area (Å²) in [5.41, 5.74) is 0. The van der Waals surface area contributed by atoms with Crippen LogP contribution in [0.5, 0.6) is 0 Å². The zero-order valence-corrected chi connectivity index (χ0v) is 9.11. The number of halogens is 1. The second-order valence-electron chi connectivity index (χ2n) is 3.57. The van der Waals surface area contributed by atoms with E-state index in [-0.39, 0.29) is 0 Å². The highest BCUT2D eigenvalue weighted by Gasteiger charge is 2.20. The van der Waals surface area contributed by atoms with Crippen molar-refractivity contribution in [1.29, 1.82) is 0 Å². The predicted molar refractivity (Wildman–Crippen MR) is 55.5 cm³/mol. The molecule has 0 aliphatic carbocycles. The molecule has 1 aromatic rings. The quantitative estimate of drug-likeness (QED) is 0.724. The number of nitrogens with zero attached hydrogens (tertiary/aromatic N) is 3. The van der Waals surface area contributed by atoms with E-state index in [1.54, 1.807) is 0 Å². The van der Waals surface area contributed by atoms with Crippen LogP contribution in [0.25, 0.3) is 0 Å². The summed E-state index contributed by atoms with van der Waals surface area (Å²) in [6, 6.07) is 0. The molecule has 2 heterocycles. The first-order chi connectivity index (χ1) is 6.27. The van der Waals surface area contributed by atoms with Crippen LogP contribution in [-0.4, -0.2) is 21.8 Å². The molecule has 1 atom stereocenters. The lowest BCUT2D eigenvalue weighted by Crippen LogP contribution is -2.34. The fourth-order valence-electron chi connectivity index (χ4n) is 1.74. The van der Waals surface area contributed by atoms with Crippen LogP contribution in [0.3, 0.4) is 0 Å². The molecule has 1 fully saturated rings. The summed E-state index contributed by atoms with van der Waals surface area (Å²) in [6.07, 6.45) is 2.54. The van der Waals surface area contributed by atoms with Crippen molar-refractivity contribution in [2.45, 2.75) is 19.8 Å². The van der Waals surface area contributed by atoms with Crippen molar-refractivity contribution >= 4 is 29.1 Å². The number of anilines is 1. The smallest absolute Gasteiger partial charge is 0.187 e. The Kier molecular flexibility index (Phi) is 2.69. The van der Waals surface area contributed by atoms with Crippen molar-refractivity contribution in [3.8, 4) is 0 Å². The SMILES string of the molecule is CC1CCCN(c2nsnc2Cl)C1. The molecule has 1 unspecified atom stereocenters. The molecule has 0 spiro atoms. The standard InChI is InChI=1S/C8H12ClN3S/c1-6-3-2-4-12(5-6)8-7(9)10-13-11-8/h6H,2-5H2,1H3. The Bertz CT molecular complexity index is 289. The van der Waals surface area contributed by atoms with Crippen LogP contribution in [0.15, 0.2) is 0 Å². The van der Waals surface area contributed by atoms with Crippen LogP contribution < -0.4 is 4.90 Å². The van der Waals surface area contributed by atoms with Gasteiger partial charge in [-0.05, 0) is 18.8 Å². The second kappa shape index (κ2) is 3.80. The molecule has 1 aliphatic heterocycles. The van der Waals surface area contributed by atoms with Crippen molar-refractivity contribution < 1.29 is 0 Å². The number of hydrogen-bond donors (Lipinski definition) is 0. The molecule has 0 N–H and O–H groups in total. The maximum Gasteiger partial charge on any atom is 0.187 e. The molecule has 0 aromatic carbocycles. The lowest BCUT2D eigenvalue weighted by molar-refractivity contribution is 0.445. The minimum Gasteiger partial charge on any atom is -0.353 e. The third kappa shape index (κ3) is 1.94. The van der Waals surface area contributed by atoms with Crippen molar-refractivity contribution in [2.24, 2.45) is 5.92 Å². The molecule has 0 bridgehead atoms. The second-order valence-corrected chi connectivity index (χ2v) is 4.46. The van der Waals surface area contributed by atoms with Gasteiger partial charge in [0.15, 0.2) is 11.0 Å². The van der Waals surface area contributed by atoms with Gasteiger partial charge in [-0.25, -0.2) is 0 Å². The van der Waals surface area contributed by atoms with E-state index < -0.39 is 0 Å². The summed E-state index contributed by atoms with van der Waals surface area (Å²) in [5, 5.41) is 0.555. The molecule has 0 saturated carbocycles. The van der Waals surface area contributed by atoms with Gasteiger partial charge >= 0.3 is 0 Å². The summed E-state index contributed by atoms with van der Waals surface area (Å²) in [7, 11) is 0. The van der Waals surface area contributed by atoms with E-state index in [0.29, 0.717) is 5.15 Å². The molecule has 0 radical (unpaired) electrons. The third-order valence-corrected chi connectivity index (χ3v) is 3.26. The number of piperidine rings is 1. The normalized spacial score (nSPS) is 23.5. The van der Waals surface area contributed by atoms with Gasteiger partial charge in [0.2, 0.25) is 0 Å². The van der Waals surface area contributed by atoms with Gasteiger partial charge < -0.3 is 4.90 Å². The first-order valence-corrected chi connectivity index (χ1v) is 5.61. The van der Waals surface area contributed by atoms with Gasteiger partial charge in [-0.15, -0.1) is 0 Å². The highest BCUT2D eigenvalue weighted by Crippen LogP contribution is 2.27. The zero-order valence-electron chi connectivity index (χ0n) is 7.53. The fourth-order valence-corrected chi connectivity index (χ4v) is 2.52. The molecule has 5 heteroatoms. The molecule has 1 aromatic heterocycles. The lowest BCUT2D eigenvalue weighted by Gasteiger charge is -2.30. The topological polar surface area (TPSA) is 29.0 Å². The van der Waals surface area contributed by atoms with E-state index in [4.69, 9.17) is 11.6 Å². The summed E-state index contributed by atoms with van der Waals surface area (Å²) >= 11 is 7.10. The van der Waals surface area contributed by atoms with Crippen LogP contribution in [0, 0.1) is 5.92 Å². The van der Waals surface area contributed by atoms with Crippen molar-refractivity contribution in [3.05, 3.63) is 5.15 Å². The Morgan fingerprint density at radius 2 is 2.38 bits per heavy atom. The van der Waals surface area contributed by atoms with E-state index in [1.165, 1.54) is 24.6 Å². The minimum absolute atomic E-state index is 0.555. The molecule has 1 aliphatic rings. The molecule has 2 rings (SSSR count). The Labute approximate surface area is 87.0 Å². The number of hydrogen-bond acceptors (Lipinski definition) is 4. The van der Waals surface area contributed by atoms with E-state index in [9.17, 15) is 0 Å². The summed E-state index contributed by atoms with van der Waals surface area (Å²) < 4.78 is 8.17. The largest absolute Gasteiger partial charge is 0.353 e. The van der Waals surface area contributed by atoms with Crippen molar-refractivity contribution in [3.63, 3.8) is 0 Å². The van der Waals surface area contributed by atoms with E-state index in [0.717, 1.165) is 24.8 Å². The molecular formula is C8H12ClN3S. The average Bonchev–Trinajstić information content (AvgIpc) is 2.51. The van der Waals surface area contributed by atoms with E-state index in [2.05, 4.69) is 20.6 Å². The first kappa shape index (κ1) is 9.21. The fraction of sp³-hybridized carbons (Fsp3) is 0.750. The summed E-state index contributed by atoms with van der Waals surface area (Å²) in [6.45, 7) is 4.39. The van der Waals surface area contributed by atoms with Gasteiger partial charge in [-0.1, -0.05) is 18.5 Å². The van der Waals surface area contributed by atoms with Gasteiger partial charge in [-0.3, -0.25) is 0 Å². The Morgan fingerprint density at radius 3 is 3.00 bits per heavy atom. The molecular weight excluding hydrogens is 206 g/mol. The molecule has 1 saturated heterocycles. The third-order valence-electron chi connectivity index (χ3n) is 2.39. The Balaban J connectivity index is 2.12. The molecule has 13 heavy (non-hydrogen) atoms. The van der Waals surface area contributed by atoms with E-state index >= 15 is 0 Å². The highest BCUT2D eigenvalue weighted by molar-refractivity contribution is 6.99. The average molecular weight is 218 g/mol. The van der Waals surface area contributed by atoms with Gasteiger partial charge in [-0.2, -0.15) is 8.75 Å². The van der Waals surface area contributed by atoms with Gasteiger partial charge in [0.25, 0.3) is 0 Å². The Morgan fingerprint density at radius 1 is 1.54 bits per heavy atom. The molecule has 3 nitrogen and oxygen atoms in total. The summed E-state index contributed by atoms with van der Waals surface area (Å²) in [4.78, 5) is 2.24. The van der Waals surface area contributed by atoms with Crippen LogP contribution in [0.2, 0.25) is 5.15 Å². The zero-order chi connectivity index (χ0) is 9.26. The first-order valence-electron chi connectivity index (χ1n) is 4.50. The number of aromatic nitrogens is 2. The number of rotatable bonds is 1. The van der Waals surface area contributed by atoms with Gasteiger partial charge in [0, 0.05) is 13.1 Å². The van der Waals surface area contributed by atoms with Crippen LogP contribution in [-0.2, 0) is 0 Å². The van der Waals surface area contributed by atoms with Crippen LogP contribution in [0.1, 0.15) is 19.8 Å². The van der Waals surface area contributed by atoms with Crippen LogP contribution in [0.4, 0.5) is 5.82 Å². The van der Waals surface area contributed by atoms with Crippen molar-refractivity contribution in [1.82, 2.24) is 8.75 Å².